The van der Waals surface area contributed by atoms with Crippen LogP contribution in [0.2, 0.25) is 0 Å². The molecule has 0 spiro atoms. The third-order valence-corrected chi connectivity index (χ3v) is 3.58. The molecule has 1 rings (SSSR count). The van der Waals surface area contributed by atoms with Gasteiger partial charge in [0.05, 0.1) is 0 Å². The van der Waals surface area contributed by atoms with Crippen LogP contribution >= 0.6 is 0 Å². The lowest BCUT2D eigenvalue weighted by atomic mass is 10.0. The maximum atomic E-state index is 11.8. The Labute approximate surface area is 93.0 Å². The predicted octanol–water partition coefficient (Wildman–Crippen LogP) is 1.48. The molecule has 88 valence electrons. The first-order chi connectivity index (χ1) is 7.08. The van der Waals surface area contributed by atoms with Crippen molar-refractivity contribution >= 4 is 5.91 Å². The number of nitrogens with two attached hydrogens (primary N) is 1. The summed E-state index contributed by atoms with van der Waals surface area (Å²) in [6, 6.07) is 0. The van der Waals surface area contributed by atoms with E-state index in [1.54, 1.807) is 0 Å². The van der Waals surface area contributed by atoms with Crippen molar-refractivity contribution in [3.05, 3.63) is 0 Å². The fraction of sp³-hybridized carbons (Fsp3) is 0.917. The Balaban J connectivity index is 2.25. The first-order valence-corrected chi connectivity index (χ1v) is 6.02. The van der Waals surface area contributed by atoms with Crippen LogP contribution in [0, 0.1) is 17.8 Å². The highest BCUT2D eigenvalue weighted by atomic mass is 16.2. The van der Waals surface area contributed by atoms with E-state index in [-0.39, 0.29) is 5.91 Å². The van der Waals surface area contributed by atoms with Crippen molar-refractivity contribution in [2.45, 2.75) is 33.1 Å². The molecular formula is C12H24N2O. The van der Waals surface area contributed by atoms with Crippen molar-refractivity contribution in [2.75, 3.05) is 20.1 Å². The van der Waals surface area contributed by atoms with Crippen LogP contribution in [0.4, 0.5) is 0 Å². The Morgan fingerprint density at radius 3 is 2.60 bits per heavy atom. The highest BCUT2D eigenvalue weighted by Gasteiger charge is 2.34. The number of hydrogen-bond acceptors (Lipinski definition) is 2. The summed E-state index contributed by atoms with van der Waals surface area (Å²) in [7, 11) is 1.91. The van der Waals surface area contributed by atoms with Gasteiger partial charge in [0.2, 0.25) is 5.91 Å². The Morgan fingerprint density at radius 2 is 2.20 bits per heavy atom. The summed E-state index contributed by atoms with van der Waals surface area (Å²) >= 11 is 0. The Morgan fingerprint density at radius 1 is 1.60 bits per heavy atom. The second-order valence-corrected chi connectivity index (χ2v) is 4.96. The molecule has 0 radical (unpaired) electrons. The van der Waals surface area contributed by atoms with Gasteiger partial charge in [0.15, 0.2) is 0 Å². The molecule has 0 heterocycles. The molecule has 1 aliphatic rings. The number of rotatable bonds is 6. The third-order valence-electron chi connectivity index (χ3n) is 3.58. The zero-order valence-electron chi connectivity index (χ0n) is 10.2. The Bertz CT molecular complexity index is 214. The summed E-state index contributed by atoms with van der Waals surface area (Å²) in [6.07, 6.45) is 2.90. The molecule has 3 heteroatoms. The normalized spacial score (nSPS) is 26.1. The van der Waals surface area contributed by atoms with E-state index in [4.69, 9.17) is 5.73 Å². The summed E-state index contributed by atoms with van der Waals surface area (Å²) in [5.74, 6) is 2.18. The first kappa shape index (κ1) is 12.5. The molecule has 1 saturated carbocycles. The number of amides is 1. The summed E-state index contributed by atoms with van der Waals surface area (Å²) < 4.78 is 0. The standard InChI is InChI=1S/C12H24N2O/c1-4-10(7-13)6-12(15)14(3)8-11-5-9(11)2/h9-11H,4-8,13H2,1-3H3. The average Bonchev–Trinajstić information content (AvgIpc) is 2.90. The van der Waals surface area contributed by atoms with Gasteiger partial charge in [-0.1, -0.05) is 20.3 Å². The van der Waals surface area contributed by atoms with Crippen LogP contribution in [-0.2, 0) is 4.79 Å². The van der Waals surface area contributed by atoms with Crippen LogP contribution in [0.15, 0.2) is 0 Å². The van der Waals surface area contributed by atoms with Crippen LogP contribution < -0.4 is 5.73 Å². The van der Waals surface area contributed by atoms with Crippen molar-refractivity contribution in [3.8, 4) is 0 Å². The van der Waals surface area contributed by atoms with Gasteiger partial charge in [0.1, 0.15) is 0 Å². The largest absolute Gasteiger partial charge is 0.345 e. The molecule has 1 aliphatic carbocycles. The molecule has 1 fully saturated rings. The molecule has 15 heavy (non-hydrogen) atoms. The summed E-state index contributed by atoms with van der Waals surface area (Å²) in [6.45, 7) is 5.89. The third kappa shape index (κ3) is 3.82. The monoisotopic (exact) mass is 212 g/mol. The van der Waals surface area contributed by atoms with E-state index >= 15 is 0 Å². The molecule has 0 aliphatic heterocycles. The van der Waals surface area contributed by atoms with Gasteiger partial charge in [0.25, 0.3) is 0 Å². The van der Waals surface area contributed by atoms with Gasteiger partial charge >= 0.3 is 0 Å². The maximum Gasteiger partial charge on any atom is 0.222 e. The molecule has 3 unspecified atom stereocenters. The van der Waals surface area contributed by atoms with Gasteiger partial charge in [-0.25, -0.2) is 0 Å². The molecule has 2 N–H and O–H groups in total. The molecule has 1 amide bonds. The summed E-state index contributed by atoms with van der Waals surface area (Å²) in [4.78, 5) is 13.7. The van der Waals surface area contributed by atoms with Gasteiger partial charge in [-0.05, 0) is 30.7 Å². The topological polar surface area (TPSA) is 46.3 Å². The van der Waals surface area contributed by atoms with Crippen molar-refractivity contribution in [1.29, 1.82) is 0 Å². The highest BCUT2D eigenvalue weighted by molar-refractivity contribution is 5.76. The van der Waals surface area contributed by atoms with E-state index < -0.39 is 0 Å². The van der Waals surface area contributed by atoms with Gasteiger partial charge in [-0.15, -0.1) is 0 Å². The van der Waals surface area contributed by atoms with Crippen LogP contribution in [0.5, 0.6) is 0 Å². The van der Waals surface area contributed by atoms with Gasteiger partial charge < -0.3 is 10.6 Å². The number of carbonyl (C=O) groups is 1. The first-order valence-electron chi connectivity index (χ1n) is 6.02. The second-order valence-electron chi connectivity index (χ2n) is 4.96. The van der Waals surface area contributed by atoms with Crippen LogP contribution in [0.1, 0.15) is 33.1 Å². The van der Waals surface area contributed by atoms with E-state index in [1.807, 2.05) is 11.9 Å². The average molecular weight is 212 g/mol. The molecule has 0 saturated heterocycles. The smallest absolute Gasteiger partial charge is 0.222 e. The predicted molar refractivity (Wildman–Crippen MR) is 62.4 cm³/mol. The van der Waals surface area contributed by atoms with Gasteiger partial charge in [-0.3, -0.25) is 4.79 Å². The van der Waals surface area contributed by atoms with Crippen molar-refractivity contribution in [1.82, 2.24) is 4.90 Å². The van der Waals surface area contributed by atoms with Crippen molar-refractivity contribution in [2.24, 2.45) is 23.5 Å². The Kier molecular flexibility index (Phi) is 4.58. The van der Waals surface area contributed by atoms with E-state index in [0.29, 0.717) is 18.9 Å². The molecule has 0 aromatic rings. The van der Waals surface area contributed by atoms with E-state index in [1.165, 1.54) is 6.42 Å². The summed E-state index contributed by atoms with van der Waals surface area (Å²) in [5, 5.41) is 0. The maximum absolute atomic E-state index is 11.8. The number of nitrogens with zero attached hydrogens (tertiary/aromatic N) is 1. The molecule has 3 atom stereocenters. The molecule has 0 aromatic heterocycles. The number of hydrogen-bond donors (Lipinski definition) is 1. The van der Waals surface area contributed by atoms with Crippen LogP contribution in [-0.4, -0.2) is 30.9 Å². The zero-order valence-corrected chi connectivity index (χ0v) is 10.2. The zero-order chi connectivity index (χ0) is 11.4. The van der Waals surface area contributed by atoms with Crippen LogP contribution in [0.25, 0.3) is 0 Å². The highest BCUT2D eigenvalue weighted by Crippen LogP contribution is 2.38. The quantitative estimate of drug-likeness (QED) is 0.725. The minimum atomic E-state index is 0.256. The minimum Gasteiger partial charge on any atom is -0.345 e. The molecule has 0 aromatic carbocycles. The Hall–Kier alpha value is -0.570. The molecule has 0 bridgehead atoms. The fourth-order valence-electron chi connectivity index (χ4n) is 1.90. The van der Waals surface area contributed by atoms with Crippen molar-refractivity contribution in [3.63, 3.8) is 0 Å². The minimum absolute atomic E-state index is 0.256. The summed E-state index contributed by atoms with van der Waals surface area (Å²) in [5.41, 5.74) is 5.60. The van der Waals surface area contributed by atoms with E-state index in [9.17, 15) is 4.79 Å². The lowest BCUT2D eigenvalue weighted by molar-refractivity contribution is -0.131. The van der Waals surface area contributed by atoms with E-state index in [0.717, 1.165) is 24.8 Å². The van der Waals surface area contributed by atoms with Crippen LogP contribution in [0.3, 0.4) is 0 Å². The lowest BCUT2D eigenvalue weighted by Crippen LogP contribution is -2.32. The molecular weight excluding hydrogens is 188 g/mol. The van der Waals surface area contributed by atoms with E-state index in [2.05, 4.69) is 13.8 Å². The van der Waals surface area contributed by atoms with Gasteiger partial charge in [-0.2, -0.15) is 0 Å². The number of carbonyl (C=O) groups excluding carboxylic acids is 1. The SMILES string of the molecule is CCC(CN)CC(=O)N(C)CC1CC1C. The van der Waals surface area contributed by atoms with Gasteiger partial charge in [0, 0.05) is 20.0 Å². The van der Waals surface area contributed by atoms with Crippen molar-refractivity contribution < 1.29 is 4.79 Å². The fourth-order valence-corrected chi connectivity index (χ4v) is 1.90. The molecule has 3 nitrogen and oxygen atoms in total. The lowest BCUT2D eigenvalue weighted by Gasteiger charge is -2.20. The second kappa shape index (κ2) is 5.50.